The second-order valence-electron chi connectivity index (χ2n) is 4.47. The van der Waals surface area contributed by atoms with E-state index in [1.165, 1.54) is 0 Å². The van der Waals surface area contributed by atoms with Crippen molar-refractivity contribution in [2.45, 2.75) is 32.1 Å². The Labute approximate surface area is 113 Å². The van der Waals surface area contributed by atoms with Crippen molar-refractivity contribution in [2.24, 2.45) is 5.92 Å². The van der Waals surface area contributed by atoms with E-state index in [9.17, 15) is 4.79 Å². The molecule has 2 atom stereocenters. The van der Waals surface area contributed by atoms with Crippen LogP contribution in [0.5, 0.6) is 0 Å². The molecule has 0 aliphatic heterocycles. The van der Waals surface area contributed by atoms with E-state index >= 15 is 0 Å². The van der Waals surface area contributed by atoms with Crippen molar-refractivity contribution >= 4 is 30.1 Å². The Balaban J connectivity index is 2.66. The molecule has 0 aromatic heterocycles. The molecule has 0 saturated heterocycles. The van der Waals surface area contributed by atoms with Gasteiger partial charge in [0.05, 0.1) is 11.3 Å². The summed E-state index contributed by atoms with van der Waals surface area (Å²) in [6.45, 7) is 5.88. The summed E-state index contributed by atoms with van der Waals surface area (Å²) in [5.74, 6) is 0.167. The lowest BCUT2D eigenvalue weighted by molar-refractivity contribution is -0.121. The van der Waals surface area contributed by atoms with Gasteiger partial charge < -0.3 is 5.32 Å². The quantitative estimate of drug-likeness (QED) is 0.807. The van der Waals surface area contributed by atoms with Crippen LogP contribution in [0, 0.1) is 5.92 Å². The molecule has 1 N–H and O–H groups in total. The van der Waals surface area contributed by atoms with Gasteiger partial charge in [-0.15, -0.1) is 0 Å². The van der Waals surface area contributed by atoms with Crippen LogP contribution in [-0.4, -0.2) is 11.2 Å². The van der Waals surface area contributed by atoms with Crippen molar-refractivity contribution in [1.29, 1.82) is 0 Å². The first kappa shape index (κ1) is 14.4. The molecule has 0 aliphatic carbocycles. The van der Waals surface area contributed by atoms with Gasteiger partial charge in [-0.05, 0) is 30.5 Å². The van der Waals surface area contributed by atoms with Gasteiger partial charge in [-0.1, -0.05) is 37.6 Å². The molecule has 0 spiro atoms. The van der Waals surface area contributed by atoms with Crippen LogP contribution in [-0.2, 0) is 4.79 Å². The van der Waals surface area contributed by atoms with Gasteiger partial charge in [-0.2, -0.15) is 12.6 Å². The normalized spacial score (nSPS) is 14.5. The van der Waals surface area contributed by atoms with Crippen molar-refractivity contribution in [3.05, 3.63) is 34.9 Å². The van der Waals surface area contributed by atoms with Crippen LogP contribution in [0.25, 0.3) is 0 Å². The predicted molar refractivity (Wildman–Crippen MR) is 75.6 cm³/mol. The molecule has 4 heteroatoms. The van der Waals surface area contributed by atoms with Gasteiger partial charge in [0.2, 0.25) is 5.91 Å². The number of rotatable bonds is 4. The molecule has 0 radical (unpaired) electrons. The van der Waals surface area contributed by atoms with Gasteiger partial charge in [-0.3, -0.25) is 4.79 Å². The molecule has 1 rings (SSSR count). The summed E-state index contributed by atoms with van der Waals surface area (Å²) in [7, 11) is 0. The minimum Gasteiger partial charge on any atom is -0.349 e. The third-order valence-electron chi connectivity index (χ3n) is 2.61. The van der Waals surface area contributed by atoms with Crippen molar-refractivity contribution in [3.63, 3.8) is 0 Å². The number of carbonyl (C=O) groups excluding carboxylic acids is 1. The number of carbonyl (C=O) groups is 1. The van der Waals surface area contributed by atoms with E-state index in [0.717, 1.165) is 5.56 Å². The second kappa shape index (κ2) is 6.31. The minimum atomic E-state index is -0.281. The summed E-state index contributed by atoms with van der Waals surface area (Å²) in [6.07, 6.45) is 0. The molecule has 17 heavy (non-hydrogen) atoms. The third-order valence-corrected chi connectivity index (χ3v) is 3.67. The maximum atomic E-state index is 11.8. The minimum absolute atomic E-state index is 0.0455. The predicted octanol–water partition coefficient (Wildman–Crippen LogP) is 3.47. The van der Waals surface area contributed by atoms with Crippen LogP contribution in [0.15, 0.2) is 24.3 Å². The highest BCUT2D eigenvalue weighted by atomic mass is 35.5. The monoisotopic (exact) mass is 271 g/mol. The van der Waals surface area contributed by atoms with Gasteiger partial charge >= 0.3 is 0 Å². The zero-order valence-electron chi connectivity index (χ0n) is 10.3. The fourth-order valence-electron chi connectivity index (χ4n) is 1.46. The summed E-state index contributed by atoms with van der Waals surface area (Å²) < 4.78 is 0. The zero-order valence-corrected chi connectivity index (χ0v) is 11.9. The molecule has 0 saturated carbocycles. The molecule has 0 fully saturated rings. The molecule has 0 aliphatic rings. The molecule has 2 nitrogen and oxygen atoms in total. The summed E-state index contributed by atoms with van der Waals surface area (Å²) >= 11 is 10.2. The highest BCUT2D eigenvalue weighted by molar-refractivity contribution is 7.81. The van der Waals surface area contributed by atoms with Crippen molar-refractivity contribution < 1.29 is 4.79 Å². The maximum Gasteiger partial charge on any atom is 0.233 e. The van der Waals surface area contributed by atoms with Crippen molar-refractivity contribution in [1.82, 2.24) is 5.32 Å². The maximum absolute atomic E-state index is 11.8. The summed E-state index contributed by atoms with van der Waals surface area (Å²) in [4.78, 5) is 11.8. The Hall–Kier alpha value is -0.670. The van der Waals surface area contributed by atoms with Crippen LogP contribution in [0.2, 0.25) is 5.02 Å². The van der Waals surface area contributed by atoms with E-state index in [4.69, 9.17) is 11.6 Å². The Kier molecular flexibility index (Phi) is 5.34. The molecule has 1 aromatic rings. The summed E-state index contributed by atoms with van der Waals surface area (Å²) in [5.41, 5.74) is 0.995. The average molecular weight is 272 g/mol. The number of thiol groups is 1. The largest absolute Gasteiger partial charge is 0.349 e. The number of amides is 1. The van der Waals surface area contributed by atoms with E-state index in [1.54, 1.807) is 0 Å². The molecule has 0 bridgehead atoms. The molecular formula is C13H18ClNOS. The highest BCUT2D eigenvalue weighted by Gasteiger charge is 2.19. The highest BCUT2D eigenvalue weighted by Crippen LogP contribution is 2.18. The Bertz CT molecular complexity index is 395. The first-order valence-corrected chi connectivity index (χ1v) is 6.55. The lowest BCUT2D eigenvalue weighted by Gasteiger charge is -2.19. The summed E-state index contributed by atoms with van der Waals surface area (Å²) in [6, 6.07) is 7.43. The lowest BCUT2D eigenvalue weighted by atomic mass is 10.1. The van der Waals surface area contributed by atoms with Gasteiger partial charge in [0.25, 0.3) is 0 Å². The van der Waals surface area contributed by atoms with Gasteiger partial charge in [0, 0.05) is 5.02 Å². The number of hydrogen-bond donors (Lipinski definition) is 2. The van der Waals surface area contributed by atoms with Gasteiger partial charge in [0.15, 0.2) is 0 Å². The Morgan fingerprint density at radius 2 is 2.00 bits per heavy atom. The van der Waals surface area contributed by atoms with E-state index < -0.39 is 0 Å². The molecule has 2 unspecified atom stereocenters. The lowest BCUT2D eigenvalue weighted by Crippen LogP contribution is -2.36. The van der Waals surface area contributed by atoms with Crippen LogP contribution in [0.4, 0.5) is 0 Å². The smallest absolute Gasteiger partial charge is 0.233 e. The zero-order chi connectivity index (χ0) is 13.0. The fourth-order valence-corrected chi connectivity index (χ4v) is 1.73. The first-order valence-electron chi connectivity index (χ1n) is 5.65. The third kappa shape index (κ3) is 4.25. The summed E-state index contributed by atoms with van der Waals surface area (Å²) in [5, 5.41) is 3.33. The van der Waals surface area contributed by atoms with Crippen molar-refractivity contribution in [2.75, 3.05) is 0 Å². The Morgan fingerprint density at radius 3 is 2.53 bits per heavy atom. The number of nitrogens with one attached hydrogen (secondary N) is 1. The topological polar surface area (TPSA) is 29.1 Å². The SMILES string of the molecule is CC(NC(=O)C(S)C(C)C)c1cccc(Cl)c1. The molecule has 94 valence electrons. The van der Waals surface area contributed by atoms with Crippen LogP contribution >= 0.6 is 24.2 Å². The number of halogens is 1. The van der Waals surface area contributed by atoms with Gasteiger partial charge in [-0.25, -0.2) is 0 Å². The number of benzene rings is 1. The Morgan fingerprint density at radius 1 is 1.35 bits per heavy atom. The molecule has 1 amide bonds. The van der Waals surface area contributed by atoms with E-state index in [0.29, 0.717) is 5.02 Å². The van der Waals surface area contributed by atoms with Crippen LogP contribution in [0.1, 0.15) is 32.4 Å². The molecular weight excluding hydrogens is 254 g/mol. The van der Waals surface area contributed by atoms with Gasteiger partial charge in [0.1, 0.15) is 0 Å². The molecule has 1 aromatic carbocycles. The van der Waals surface area contributed by atoms with E-state index in [-0.39, 0.29) is 23.1 Å². The molecule has 0 heterocycles. The first-order chi connectivity index (χ1) is 7.91. The average Bonchev–Trinajstić information content (AvgIpc) is 2.27. The standard InChI is InChI=1S/C13H18ClNOS/c1-8(2)12(17)13(16)15-9(3)10-5-4-6-11(14)7-10/h4-9,12,17H,1-3H3,(H,15,16). The van der Waals surface area contributed by atoms with E-state index in [1.807, 2.05) is 45.0 Å². The van der Waals surface area contributed by atoms with E-state index in [2.05, 4.69) is 17.9 Å². The second-order valence-corrected chi connectivity index (χ2v) is 5.47. The fraction of sp³-hybridized carbons (Fsp3) is 0.462. The van der Waals surface area contributed by atoms with Crippen LogP contribution in [0.3, 0.4) is 0 Å². The van der Waals surface area contributed by atoms with Crippen molar-refractivity contribution in [3.8, 4) is 0 Å². The van der Waals surface area contributed by atoms with Crippen LogP contribution < -0.4 is 5.32 Å². The number of hydrogen-bond acceptors (Lipinski definition) is 2.